The van der Waals surface area contributed by atoms with Crippen LogP contribution in [0.1, 0.15) is 44.3 Å². The summed E-state index contributed by atoms with van der Waals surface area (Å²) in [6, 6.07) is 0.495. The normalized spacial score (nSPS) is 32.8. The summed E-state index contributed by atoms with van der Waals surface area (Å²) in [5.41, 5.74) is 0. The Morgan fingerprint density at radius 3 is 2.79 bits per heavy atom. The first-order valence-corrected chi connectivity index (χ1v) is 7.39. The van der Waals surface area contributed by atoms with Crippen molar-refractivity contribution in [1.29, 1.82) is 0 Å². The molecule has 106 valence electrons. The number of hydrogen-bond acceptors (Lipinski definition) is 5. The van der Waals surface area contributed by atoms with Crippen LogP contribution in [-0.4, -0.2) is 48.9 Å². The molecule has 1 saturated heterocycles. The molecule has 0 aromatic carbocycles. The predicted molar refractivity (Wildman–Crippen MR) is 70.2 cm³/mol. The summed E-state index contributed by atoms with van der Waals surface area (Å²) in [4.78, 5) is 3.97. The van der Waals surface area contributed by atoms with E-state index in [0.717, 1.165) is 31.8 Å². The number of rotatable bonds is 3. The molecule has 1 aliphatic carbocycles. The largest absolute Gasteiger partial charge is 0.393 e. The summed E-state index contributed by atoms with van der Waals surface area (Å²) in [6.07, 6.45) is 6.90. The lowest BCUT2D eigenvalue weighted by Gasteiger charge is -2.39. The van der Waals surface area contributed by atoms with E-state index < -0.39 is 0 Å². The van der Waals surface area contributed by atoms with Crippen LogP contribution in [0.4, 0.5) is 0 Å². The second-order valence-electron chi connectivity index (χ2n) is 5.89. The quantitative estimate of drug-likeness (QED) is 0.872. The summed E-state index contributed by atoms with van der Waals surface area (Å²) >= 11 is 0. The topological polar surface area (TPSA) is 67.1 Å². The van der Waals surface area contributed by atoms with Gasteiger partial charge in [-0.25, -0.2) is 0 Å². The zero-order chi connectivity index (χ0) is 13.2. The second-order valence-corrected chi connectivity index (χ2v) is 5.89. The number of piperidine rings is 1. The lowest BCUT2D eigenvalue weighted by atomic mass is 9.88. The van der Waals surface area contributed by atoms with Crippen LogP contribution in [0.15, 0.2) is 0 Å². The summed E-state index contributed by atoms with van der Waals surface area (Å²) in [5, 5.41) is 22.4. The van der Waals surface area contributed by atoms with Gasteiger partial charge in [0.1, 0.15) is 0 Å². The fraction of sp³-hybridized carbons (Fsp3) is 0.923. The van der Waals surface area contributed by atoms with Crippen molar-refractivity contribution < 1.29 is 5.11 Å². The standard InChI is InChI=1S/C13H23N5O/c1-17-15-13(14-16-17)9-18-8-3-2-6-11(18)10-5-4-7-12(10)19/h10-12,19H,2-9H2,1H3. The van der Waals surface area contributed by atoms with Crippen molar-refractivity contribution in [2.24, 2.45) is 13.0 Å². The molecule has 19 heavy (non-hydrogen) atoms. The molecule has 1 saturated carbocycles. The van der Waals surface area contributed by atoms with Gasteiger partial charge in [-0.2, -0.15) is 4.80 Å². The van der Waals surface area contributed by atoms with E-state index in [4.69, 9.17) is 0 Å². The van der Waals surface area contributed by atoms with Gasteiger partial charge in [-0.1, -0.05) is 12.8 Å². The fourth-order valence-corrected chi connectivity index (χ4v) is 3.68. The maximum atomic E-state index is 10.2. The number of tetrazole rings is 1. The molecular formula is C13H23N5O. The summed E-state index contributed by atoms with van der Waals surface area (Å²) in [6.45, 7) is 1.86. The van der Waals surface area contributed by atoms with Crippen LogP contribution < -0.4 is 0 Å². The number of aryl methyl sites for hydroxylation is 1. The molecule has 1 aliphatic heterocycles. The highest BCUT2D eigenvalue weighted by Gasteiger charge is 2.37. The van der Waals surface area contributed by atoms with Crippen molar-refractivity contribution in [3.63, 3.8) is 0 Å². The van der Waals surface area contributed by atoms with Crippen molar-refractivity contribution in [1.82, 2.24) is 25.1 Å². The van der Waals surface area contributed by atoms with Crippen LogP contribution >= 0.6 is 0 Å². The molecule has 0 bridgehead atoms. The summed E-state index contributed by atoms with van der Waals surface area (Å²) in [5.74, 6) is 1.24. The Morgan fingerprint density at radius 2 is 2.11 bits per heavy atom. The first-order chi connectivity index (χ1) is 9.24. The van der Waals surface area contributed by atoms with Gasteiger partial charge in [-0.3, -0.25) is 4.90 Å². The Labute approximate surface area is 113 Å². The van der Waals surface area contributed by atoms with Crippen molar-refractivity contribution in [3.05, 3.63) is 5.82 Å². The molecular weight excluding hydrogens is 242 g/mol. The van der Waals surface area contributed by atoms with Crippen LogP contribution in [0.3, 0.4) is 0 Å². The van der Waals surface area contributed by atoms with E-state index in [2.05, 4.69) is 20.3 Å². The molecule has 3 unspecified atom stereocenters. The molecule has 0 amide bonds. The molecule has 6 heteroatoms. The Bertz CT molecular complexity index is 421. The van der Waals surface area contributed by atoms with Gasteiger partial charge in [0.05, 0.1) is 19.7 Å². The first-order valence-electron chi connectivity index (χ1n) is 7.39. The SMILES string of the molecule is Cn1nnc(CN2CCCCC2C2CCCC2O)n1. The van der Waals surface area contributed by atoms with Crippen LogP contribution in [0.5, 0.6) is 0 Å². The van der Waals surface area contributed by atoms with Gasteiger partial charge in [0, 0.05) is 12.0 Å². The average Bonchev–Trinajstić information content (AvgIpc) is 2.99. The number of aromatic nitrogens is 4. The number of hydrogen-bond donors (Lipinski definition) is 1. The van der Waals surface area contributed by atoms with E-state index in [1.807, 2.05) is 0 Å². The second kappa shape index (κ2) is 5.54. The highest BCUT2D eigenvalue weighted by atomic mass is 16.3. The van der Waals surface area contributed by atoms with Crippen LogP contribution in [0, 0.1) is 5.92 Å². The minimum atomic E-state index is -0.111. The molecule has 2 heterocycles. The lowest BCUT2D eigenvalue weighted by molar-refractivity contribution is 0.0299. The maximum Gasteiger partial charge on any atom is 0.188 e. The number of aliphatic hydroxyl groups is 1. The van der Waals surface area contributed by atoms with E-state index in [1.54, 1.807) is 7.05 Å². The monoisotopic (exact) mass is 265 g/mol. The van der Waals surface area contributed by atoms with Gasteiger partial charge in [-0.15, -0.1) is 10.2 Å². The zero-order valence-corrected chi connectivity index (χ0v) is 11.6. The van der Waals surface area contributed by atoms with Crippen molar-refractivity contribution in [2.75, 3.05) is 6.54 Å². The van der Waals surface area contributed by atoms with E-state index >= 15 is 0 Å². The van der Waals surface area contributed by atoms with E-state index in [9.17, 15) is 5.11 Å². The Balaban J connectivity index is 1.70. The molecule has 2 aliphatic rings. The molecule has 3 rings (SSSR count). The molecule has 1 aromatic rings. The third kappa shape index (κ3) is 2.79. The number of aliphatic hydroxyl groups excluding tert-OH is 1. The number of likely N-dealkylation sites (tertiary alicyclic amines) is 1. The average molecular weight is 265 g/mol. The van der Waals surface area contributed by atoms with E-state index in [1.165, 1.54) is 30.5 Å². The van der Waals surface area contributed by atoms with Gasteiger partial charge in [0.2, 0.25) is 0 Å². The Kier molecular flexibility index (Phi) is 3.79. The van der Waals surface area contributed by atoms with Crippen LogP contribution in [0.25, 0.3) is 0 Å². The Hall–Kier alpha value is -1.01. The van der Waals surface area contributed by atoms with Gasteiger partial charge in [-0.05, 0) is 37.4 Å². The summed E-state index contributed by atoms with van der Waals surface area (Å²) in [7, 11) is 1.80. The van der Waals surface area contributed by atoms with Gasteiger partial charge < -0.3 is 5.11 Å². The minimum absolute atomic E-state index is 0.111. The zero-order valence-electron chi connectivity index (χ0n) is 11.6. The lowest BCUT2D eigenvalue weighted by Crippen LogP contribution is -2.46. The number of nitrogens with zero attached hydrogens (tertiary/aromatic N) is 5. The van der Waals surface area contributed by atoms with Gasteiger partial charge >= 0.3 is 0 Å². The highest BCUT2D eigenvalue weighted by Crippen LogP contribution is 2.35. The van der Waals surface area contributed by atoms with Crippen LogP contribution in [-0.2, 0) is 13.6 Å². The predicted octanol–water partition coefficient (Wildman–Crippen LogP) is 0.726. The summed E-state index contributed by atoms with van der Waals surface area (Å²) < 4.78 is 0. The van der Waals surface area contributed by atoms with Crippen molar-refractivity contribution in [3.8, 4) is 0 Å². The van der Waals surface area contributed by atoms with E-state index in [0.29, 0.717) is 12.0 Å². The molecule has 0 radical (unpaired) electrons. The smallest absolute Gasteiger partial charge is 0.188 e. The highest BCUT2D eigenvalue weighted by molar-refractivity contribution is 4.92. The molecule has 0 spiro atoms. The molecule has 1 N–H and O–H groups in total. The molecule has 6 nitrogen and oxygen atoms in total. The Morgan fingerprint density at radius 1 is 1.21 bits per heavy atom. The molecule has 3 atom stereocenters. The van der Waals surface area contributed by atoms with Crippen molar-refractivity contribution in [2.45, 2.75) is 57.2 Å². The fourth-order valence-electron chi connectivity index (χ4n) is 3.68. The van der Waals surface area contributed by atoms with Gasteiger partial charge in [0.25, 0.3) is 0 Å². The third-order valence-corrected chi connectivity index (χ3v) is 4.58. The first kappa shape index (κ1) is 13.0. The third-order valence-electron chi connectivity index (χ3n) is 4.58. The maximum absolute atomic E-state index is 10.2. The van der Waals surface area contributed by atoms with Crippen molar-refractivity contribution >= 4 is 0 Å². The van der Waals surface area contributed by atoms with Crippen LogP contribution in [0.2, 0.25) is 0 Å². The molecule has 1 aromatic heterocycles. The van der Waals surface area contributed by atoms with Gasteiger partial charge in [0.15, 0.2) is 5.82 Å². The molecule has 2 fully saturated rings. The van der Waals surface area contributed by atoms with E-state index in [-0.39, 0.29) is 6.10 Å². The minimum Gasteiger partial charge on any atom is -0.393 e.